The number of hydrogen-bond acceptors (Lipinski definition) is 2. The average Bonchev–Trinajstić information content (AvgIpc) is 2.09. The largest absolute Gasteiger partial charge is 0.241 e. The molecule has 78 valence electrons. The lowest BCUT2D eigenvalue weighted by atomic mass is 10.4. The molecule has 0 aliphatic rings. The summed E-state index contributed by atoms with van der Waals surface area (Å²) in [6.07, 6.45) is 0. The summed E-state index contributed by atoms with van der Waals surface area (Å²) in [6, 6.07) is 4.78. The van der Waals surface area contributed by atoms with Gasteiger partial charge in [-0.15, -0.1) is 0 Å². The van der Waals surface area contributed by atoms with Gasteiger partial charge in [-0.2, -0.15) is 0 Å². The van der Waals surface area contributed by atoms with Gasteiger partial charge in [0.25, 0.3) is 0 Å². The molecule has 0 aromatic heterocycles. The minimum absolute atomic E-state index is 0.229. The molecule has 1 N–H and O–H groups in total. The highest BCUT2D eigenvalue weighted by molar-refractivity contribution is 14.1. The third kappa shape index (κ3) is 2.82. The van der Waals surface area contributed by atoms with Crippen molar-refractivity contribution in [3.63, 3.8) is 0 Å². The number of halogens is 2. The molecule has 6 heteroatoms. The summed E-state index contributed by atoms with van der Waals surface area (Å²) in [6.45, 7) is 2.10. The highest BCUT2D eigenvalue weighted by Gasteiger charge is 2.16. The van der Waals surface area contributed by atoms with E-state index in [1.165, 1.54) is 6.07 Å². The predicted molar refractivity (Wildman–Crippen MR) is 65.0 cm³/mol. The summed E-state index contributed by atoms with van der Waals surface area (Å²) in [5, 5.41) is 0.418. The van der Waals surface area contributed by atoms with Gasteiger partial charge < -0.3 is 0 Å². The van der Waals surface area contributed by atoms with Crippen LogP contribution in [0, 0.1) is 3.57 Å². The second-order valence-electron chi connectivity index (χ2n) is 2.58. The Kier molecular flexibility index (Phi) is 4.17. The van der Waals surface area contributed by atoms with E-state index in [9.17, 15) is 8.42 Å². The standard InChI is InChI=1S/C8H9ClINO2S/c1-2-11-14(12,13)8-5-6(9)3-4-7(8)10/h3-5,11H,2H2,1H3. The molecule has 0 saturated heterocycles. The van der Waals surface area contributed by atoms with E-state index in [-0.39, 0.29) is 4.90 Å². The number of sulfonamides is 1. The molecule has 0 heterocycles. The predicted octanol–water partition coefficient (Wildman–Crippen LogP) is 2.24. The Hall–Kier alpha value is 0.150. The van der Waals surface area contributed by atoms with Crippen LogP contribution < -0.4 is 4.72 Å². The number of nitrogens with one attached hydrogen (secondary N) is 1. The Morgan fingerprint density at radius 1 is 1.50 bits per heavy atom. The molecule has 1 aromatic rings. The number of hydrogen-bond donors (Lipinski definition) is 1. The molecule has 0 radical (unpaired) electrons. The lowest BCUT2D eigenvalue weighted by Crippen LogP contribution is -2.23. The van der Waals surface area contributed by atoms with Crippen molar-refractivity contribution >= 4 is 44.2 Å². The minimum Gasteiger partial charge on any atom is -0.211 e. The van der Waals surface area contributed by atoms with Crippen LogP contribution >= 0.6 is 34.2 Å². The summed E-state index contributed by atoms with van der Waals surface area (Å²) in [7, 11) is -3.41. The third-order valence-corrected chi connectivity index (χ3v) is 4.64. The molecule has 0 amide bonds. The first kappa shape index (κ1) is 12.2. The van der Waals surface area contributed by atoms with Crippen LogP contribution in [0.2, 0.25) is 5.02 Å². The lowest BCUT2D eigenvalue weighted by Gasteiger charge is -2.06. The number of benzene rings is 1. The van der Waals surface area contributed by atoms with Crippen LogP contribution in [0.5, 0.6) is 0 Å². The zero-order valence-corrected chi connectivity index (χ0v) is 11.1. The Morgan fingerprint density at radius 2 is 2.14 bits per heavy atom. The van der Waals surface area contributed by atoms with Crippen LogP contribution in [0.3, 0.4) is 0 Å². The Labute approximate surface area is 102 Å². The quantitative estimate of drug-likeness (QED) is 0.854. The monoisotopic (exact) mass is 345 g/mol. The van der Waals surface area contributed by atoms with Gasteiger partial charge in [-0.3, -0.25) is 0 Å². The molecule has 0 unspecified atom stereocenters. The first-order valence-corrected chi connectivity index (χ1v) is 6.86. The summed E-state index contributed by atoms with van der Waals surface area (Å²) in [5.74, 6) is 0. The molecule has 14 heavy (non-hydrogen) atoms. The Balaban J connectivity index is 3.25. The number of rotatable bonds is 3. The molecule has 1 aromatic carbocycles. The van der Waals surface area contributed by atoms with Crippen molar-refractivity contribution in [2.24, 2.45) is 0 Å². The van der Waals surface area contributed by atoms with Crippen molar-refractivity contribution in [2.45, 2.75) is 11.8 Å². The molecule has 0 aliphatic heterocycles. The molecule has 0 atom stereocenters. The van der Waals surface area contributed by atoms with Crippen LogP contribution in [-0.4, -0.2) is 15.0 Å². The fourth-order valence-electron chi connectivity index (χ4n) is 0.951. The third-order valence-electron chi connectivity index (χ3n) is 1.52. The summed E-state index contributed by atoms with van der Waals surface area (Å²) in [5.41, 5.74) is 0. The van der Waals surface area contributed by atoms with E-state index in [4.69, 9.17) is 11.6 Å². The molecular weight excluding hydrogens is 337 g/mol. The van der Waals surface area contributed by atoms with Crippen LogP contribution in [-0.2, 0) is 10.0 Å². The maximum atomic E-state index is 11.6. The first-order valence-electron chi connectivity index (χ1n) is 3.92. The summed E-state index contributed by atoms with van der Waals surface area (Å²) >= 11 is 7.69. The van der Waals surface area contributed by atoms with E-state index < -0.39 is 10.0 Å². The van der Waals surface area contributed by atoms with Crippen LogP contribution in [0.25, 0.3) is 0 Å². The zero-order chi connectivity index (χ0) is 10.8. The highest BCUT2D eigenvalue weighted by Crippen LogP contribution is 2.21. The molecule has 3 nitrogen and oxygen atoms in total. The molecule has 1 rings (SSSR count). The van der Waals surface area contributed by atoms with Crippen molar-refractivity contribution < 1.29 is 8.42 Å². The molecule has 0 saturated carbocycles. The van der Waals surface area contributed by atoms with Crippen molar-refractivity contribution in [3.05, 3.63) is 26.8 Å². The maximum absolute atomic E-state index is 11.6. The molecule has 0 spiro atoms. The lowest BCUT2D eigenvalue weighted by molar-refractivity contribution is 0.583. The van der Waals surface area contributed by atoms with Gasteiger partial charge in [-0.25, -0.2) is 13.1 Å². The second kappa shape index (κ2) is 4.78. The molecule has 0 fully saturated rings. The van der Waals surface area contributed by atoms with Crippen LogP contribution in [0.4, 0.5) is 0 Å². The van der Waals surface area contributed by atoms with Crippen molar-refractivity contribution in [1.82, 2.24) is 4.72 Å². The zero-order valence-electron chi connectivity index (χ0n) is 7.42. The van der Waals surface area contributed by atoms with Crippen LogP contribution in [0.1, 0.15) is 6.92 Å². The van der Waals surface area contributed by atoms with Gasteiger partial charge in [0.2, 0.25) is 10.0 Å². The fraction of sp³-hybridized carbons (Fsp3) is 0.250. The molecular formula is C8H9ClINO2S. The topological polar surface area (TPSA) is 46.2 Å². The smallest absolute Gasteiger partial charge is 0.211 e. The van der Waals surface area contributed by atoms with Gasteiger partial charge in [0.15, 0.2) is 0 Å². The van der Waals surface area contributed by atoms with E-state index in [0.717, 1.165) is 0 Å². The van der Waals surface area contributed by atoms with E-state index >= 15 is 0 Å². The van der Waals surface area contributed by atoms with Crippen molar-refractivity contribution in [3.8, 4) is 0 Å². The second-order valence-corrected chi connectivity index (χ2v) is 5.91. The fourth-order valence-corrected chi connectivity index (χ4v) is 3.54. The summed E-state index contributed by atoms with van der Waals surface area (Å²) < 4.78 is 26.3. The van der Waals surface area contributed by atoms with Crippen LogP contribution in [0.15, 0.2) is 23.1 Å². The van der Waals surface area contributed by atoms with E-state index in [1.807, 2.05) is 22.6 Å². The van der Waals surface area contributed by atoms with Gasteiger partial charge >= 0.3 is 0 Å². The SMILES string of the molecule is CCNS(=O)(=O)c1cc(Cl)ccc1I. The van der Waals surface area contributed by atoms with Crippen molar-refractivity contribution in [1.29, 1.82) is 0 Å². The normalized spacial score (nSPS) is 11.6. The molecule has 0 bridgehead atoms. The van der Waals surface area contributed by atoms with Gasteiger partial charge in [0.05, 0.1) is 4.90 Å². The maximum Gasteiger partial charge on any atom is 0.241 e. The summed E-state index contributed by atoms with van der Waals surface area (Å²) in [4.78, 5) is 0.229. The minimum atomic E-state index is -3.41. The van der Waals surface area contributed by atoms with Gasteiger partial charge in [-0.1, -0.05) is 18.5 Å². The average molecular weight is 346 g/mol. The Bertz CT molecular complexity index is 433. The first-order chi connectivity index (χ1) is 6.47. The van der Waals surface area contributed by atoms with Gasteiger partial charge in [0.1, 0.15) is 0 Å². The van der Waals surface area contributed by atoms with Crippen molar-refractivity contribution in [2.75, 3.05) is 6.54 Å². The molecule has 0 aliphatic carbocycles. The van der Waals surface area contributed by atoms with E-state index in [1.54, 1.807) is 19.1 Å². The van der Waals surface area contributed by atoms with E-state index in [2.05, 4.69) is 4.72 Å². The highest BCUT2D eigenvalue weighted by atomic mass is 127. The van der Waals surface area contributed by atoms with Gasteiger partial charge in [-0.05, 0) is 40.8 Å². The Morgan fingerprint density at radius 3 is 2.71 bits per heavy atom. The van der Waals surface area contributed by atoms with Gasteiger partial charge in [0, 0.05) is 15.1 Å². The van der Waals surface area contributed by atoms with E-state index in [0.29, 0.717) is 15.1 Å².